The van der Waals surface area contributed by atoms with Gasteiger partial charge in [0.15, 0.2) is 0 Å². The summed E-state index contributed by atoms with van der Waals surface area (Å²) in [6.45, 7) is 1.61. The van der Waals surface area contributed by atoms with Crippen LogP contribution in [0.15, 0.2) is 36.4 Å². The number of carbonyl (C=O) groups is 1. The van der Waals surface area contributed by atoms with E-state index in [0.717, 1.165) is 45.2 Å². The van der Waals surface area contributed by atoms with E-state index in [1.54, 1.807) is 7.11 Å². The SMILES string of the molecule is COC1CCC(C(=O)N2CC=C(c3ccccc3)CC2)CC1. The predicted molar refractivity (Wildman–Crippen MR) is 88.4 cm³/mol. The third-order valence-electron chi connectivity index (χ3n) is 5.02. The second-order valence-electron chi connectivity index (χ2n) is 6.34. The minimum atomic E-state index is 0.207. The first-order valence-electron chi connectivity index (χ1n) is 8.34. The minimum Gasteiger partial charge on any atom is -0.381 e. The molecule has 1 aliphatic heterocycles. The fourth-order valence-electron chi connectivity index (χ4n) is 3.59. The van der Waals surface area contributed by atoms with E-state index >= 15 is 0 Å². The molecule has 22 heavy (non-hydrogen) atoms. The highest BCUT2D eigenvalue weighted by atomic mass is 16.5. The summed E-state index contributed by atoms with van der Waals surface area (Å²) in [7, 11) is 1.77. The Morgan fingerprint density at radius 1 is 1.14 bits per heavy atom. The molecule has 0 bridgehead atoms. The van der Waals surface area contributed by atoms with E-state index in [-0.39, 0.29) is 5.92 Å². The quantitative estimate of drug-likeness (QED) is 0.855. The molecule has 0 aromatic heterocycles. The molecule has 0 N–H and O–H groups in total. The molecule has 2 aliphatic rings. The molecule has 1 aliphatic carbocycles. The number of benzene rings is 1. The highest BCUT2D eigenvalue weighted by molar-refractivity contribution is 5.80. The average Bonchev–Trinajstić information content (AvgIpc) is 2.62. The number of methoxy groups -OCH3 is 1. The van der Waals surface area contributed by atoms with Gasteiger partial charge in [0.2, 0.25) is 5.91 Å². The van der Waals surface area contributed by atoms with E-state index in [0.29, 0.717) is 12.0 Å². The van der Waals surface area contributed by atoms with Crippen molar-refractivity contribution < 1.29 is 9.53 Å². The smallest absolute Gasteiger partial charge is 0.225 e. The molecular formula is C19H25NO2. The van der Waals surface area contributed by atoms with Gasteiger partial charge < -0.3 is 9.64 Å². The van der Waals surface area contributed by atoms with Crippen LogP contribution in [0.3, 0.4) is 0 Å². The maximum Gasteiger partial charge on any atom is 0.225 e. The van der Waals surface area contributed by atoms with E-state index in [9.17, 15) is 4.79 Å². The highest BCUT2D eigenvalue weighted by Gasteiger charge is 2.30. The Bertz CT molecular complexity index is 530. The zero-order valence-corrected chi connectivity index (χ0v) is 13.3. The maximum absolute atomic E-state index is 12.6. The van der Waals surface area contributed by atoms with E-state index in [1.165, 1.54) is 11.1 Å². The zero-order chi connectivity index (χ0) is 15.4. The monoisotopic (exact) mass is 299 g/mol. The normalized spacial score (nSPS) is 25.7. The van der Waals surface area contributed by atoms with E-state index in [1.807, 2.05) is 11.0 Å². The summed E-state index contributed by atoms with van der Waals surface area (Å²) in [5.41, 5.74) is 2.66. The Labute approximate surface area is 133 Å². The van der Waals surface area contributed by atoms with Crippen molar-refractivity contribution in [2.24, 2.45) is 5.92 Å². The lowest BCUT2D eigenvalue weighted by atomic mass is 9.86. The second kappa shape index (κ2) is 7.10. The van der Waals surface area contributed by atoms with Gasteiger partial charge in [0.25, 0.3) is 0 Å². The molecule has 1 aromatic carbocycles. The van der Waals surface area contributed by atoms with Gasteiger partial charge >= 0.3 is 0 Å². The van der Waals surface area contributed by atoms with Crippen molar-refractivity contribution in [1.82, 2.24) is 4.90 Å². The molecule has 1 aromatic rings. The van der Waals surface area contributed by atoms with Crippen molar-refractivity contribution in [3.05, 3.63) is 42.0 Å². The van der Waals surface area contributed by atoms with Gasteiger partial charge in [0.05, 0.1) is 6.10 Å². The van der Waals surface area contributed by atoms with Gasteiger partial charge in [-0.3, -0.25) is 4.79 Å². The van der Waals surface area contributed by atoms with E-state index in [2.05, 4.69) is 30.3 Å². The van der Waals surface area contributed by atoms with Crippen molar-refractivity contribution in [2.75, 3.05) is 20.2 Å². The van der Waals surface area contributed by atoms with Crippen molar-refractivity contribution in [2.45, 2.75) is 38.2 Å². The molecule has 3 nitrogen and oxygen atoms in total. The summed E-state index contributed by atoms with van der Waals surface area (Å²) in [6, 6.07) is 10.5. The topological polar surface area (TPSA) is 29.5 Å². The molecule has 0 saturated heterocycles. The van der Waals surface area contributed by atoms with Crippen LogP contribution in [-0.2, 0) is 9.53 Å². The summed E-state index contributed by atoms with van der Waals surface area (Å²) in [5.74, 6) is 0.552. The first-order valence-corrected chi connectivity index (χ1v) is 8.34. The van der Waals surface area contributed by atoms with Crippen molar-refractivity contribution in [3.63, 3.8) is 0 Å². The number of hydrogen-bond donors (Lipinski definition) is 0. The molecule has 1 saturated carbocycles. The lowest BCUT2D eigenvalue weighted by molar-refractivity contribution is -0.137. The van der Waals surface area contributed by atoms with Crippen molar-refractivity contribution in [3.8, 4) is 0 Å². The van der Waals surface area contributed by atoms with Crippen LogP contribution in [0.5, 0.6) is 0 Å². The summed E-state index contributed by atoms with van der Waals surface area (Å²) in [5, 5.41) is 0. The predicted octanol–water partition coefficient (Wildman–Crippen LogP) is 3.51. The van der Waals surface area contributed by atoms with Crippen LogP contribution in [0.1, 0.15) is 37.7 Å². The number of carbonyl (C=O) groups excluding carboxylic acids is 1. The molecule has 0 atom stereocenters. The van der Waals surface area contributed by atoms with Gasteiger partial charge in [-0.15, -0.1) is 0 Å². The van der Waals surface area contributed by atoms with Crippen molar-refractivity contribution in [1.29, 1.82) is 0 Å². The third-order valence-corrected chi connectivity index (χ3v) is 5.02. The average molecular weight is 299 g/mol. The van der Waals surface area contributed by atoms with E-state index < -0.39 is 0 Å². The largest absolute Gasteiger partial charge is 0.381 e. The van der Waals surface area contributed by atoms with Crippen LogP contribution in [0.25, 0.3) is 5.57 Å². The lowest BCUT2D eigenvalue weighted by Crippen LogP contribution is -2.40. The third kappa shape index (κ3) is 3.41. The van der Waals surface area contributed by atoms with Gasteiger partial charge in [0.1, 0.15) is 0 Å². The summed E-state index contributed by atoms with van der Waals surface area (Å²) in [6.07, 6.45) is 7.53. The van der Waals surface area contributed by atoms with Crippen LogP contribution in [0.2, 0.25) is 0 Å². The number of hydrogen-bond acceptors (Lipinski definition) is 2. The Balaban J connectivity index is 1.57. The molecule has 0 spiro atoms. The molecule has 118 valence electrons. The van der Waals surface area contributed by atoms with E-state index in [4.69, 9.17) is 4.74 Å². The Morgan fingerprint density at radius 3 is 2.45 bits per heavy atom. The Hall–Kier alpha value is -1.61. The van der Waals surface area contributed by atoms with Crippen LogP contribution < -0.4 is 0 Å². The zero-order valence-electron chi connectivity index (χ0n) is 13.3. The fourth-order valence-corrected chi connectivity index (χ4v) is 3.59. The standard InChI is InChI=1S/C19H25NO2/c1-22-18-9-7-17(8-10-18)19(21)20-13-11-16(12-14-20)15-5-3-2-4-6-15/h2-6,11,17-18H,7-10,12-14H2,1H3. The van der Waals surface area contributed by atoms with Crippen LogP contribution in [0.4, 0.5) is 0 Å². The molecule has 1 amide bonds. The van der Waals surface area contributed by atoms with Gasteiger partial charge in [-0.2, -0.15) is 0 Å². The first-order chi connectivity index (χ1) is 10.8. The molecule has 0 radical (unpaired) electrons. The second-order valence-corrected chi connectivity index (χ2v) is 6.34. The number of ether oxygens (including phenoxy) is 1. The van der Waals surface area contributed by atoms with Gasteiger partial charge in [-0.1, -0.05) is 36.4 Å². The summed E-state index contributed by atoms with van der Waals surface area (Å²) in [4.78, 5) is 14.7. The highest BCUT2D eigenvalue weighted by Crippen LogP contribution is 2.29. The first kappa shape index (κ1) is 15.3. The van der Waals surface area contributed by atoms with Gasteiger partial charge in [-0.05, 0) is 43.2 Å². The molecule has 1 fully saturated rings. The molecule has 3 heteroatoms. The molecule has 3 rings (SSSR count). The number of rotatable bonds is 3. The Kier molecular flexibility index (Phi) is 4.94. The maximum atomic E-state index is 12.6. The van der Waals surface area contributed by atoms with Crippen LogP contribution >= 0.6 is 0 Å². The van der Waals surface area contributed by atoms with Crippen LogP contribution in [0, 0.1) is 5.92 Å². The molecular weight excluding hydrogens is 274 g/mol. The number of nitrogens with zero attached hydrogens (tertiary/aromatic N) is 1. The lowest BCUT2D eigenvalue weighted by Gasteiger charge is -2.33. The number of amides is 1. The van der Waals surface area contributed by atoms with Crippen LogP contribution in [-0.4, -0.2) is 37.1 Å². The van der Waals surface area contributed by atoms with Gasteiger partial charge in [-0.25, -0.2) is 0 Å². The molecule has 0 unspecified atom stereocenters. The Morgan fingerprint density at radius 2 is 1.86 bits per heavy atom. The van der Waals surface area contributed by atoms with Crippen molar-refractivity contribution >= 4 is 11.5 Å². The fraction of sp³-hybridized carbons (Fsp3) is 0.526. The molecule has 1 heterocycles. The summed E-state index contributed by atoms with van der Waals surface area (Å²) >= 11 is 0. The van der Waals surface area contributed by atoms with Gasteiger partial charge in [0, 0.05) is 26.1 Å². The minimum absolute atomic E-state index is 0.207. The summed E-state index contributed by atoms with van der Waals surface area (Å²) < 4.78 is 5.39.